The Kier molecular flexibility index (Phi) is 7.80. The van der Waals surface area contributed by atoms with Crippen molar-refractivity contribution < 1.29 is 4.42 Å². The molecule has 3 heterocycles. The first-order valence-electron chi connectivity index (χ1n) is 20.7. The van der Waals surface area contributed by atoms with Crippen LogP contribution in [-0.2, 0) is 0 Å². The van der Waals surface area contributed by atoms with Gasteiger partial charge in [-0.25, -0.2) is 0 Å². The second-order valence-electron chi connectivity index (χ2n) is 16.1. The topological polar surface area (TPSA) is 46.8 Å². The fraction of sp³-hybridized carbons (Fsp3) is 0.0179. The fourth-order valence-corrected chi connectivity index (χ4v) is 15.0. The van der Waals surface area contributed by atoms with Gasteiger partial charge in [0.15, 0.2) is 8.07 Å². The summed E-state index contributed by atoms with van der Waals surface area (Å²) in [6, 6.07) is 77.1. The molecule has 0 bridgehead atoms. The van der Waals surface area contributed by atoms with Crippen LogP contribution < -0.4 is 20.7 Å². The van der Waals surface area contributed by atoms with Crippen LogP contribution in [0.25, 0.3) is 76.9 Å². The normalized spacial score (nSPS) is 12.8. The van der Waals surface area contributed by atoms with Gasteiger partial charge in [-0.15, -0.1) is 0 Å². The highest BCUT2D eigenvalue weighted by atomic mass is 28.3. The SMILES string of the molecule is Cc1cccc([Si](c2ccc(-n3c4ccccc4c4ccccc43)cc2)(c2cccc(C#N)c2)c2cccc(-n3c4ccccc4c4cc5oc6ccccc6c5cc43)c2)c1. The van der Waals surface area contributed by atoms with E-state index in [0.717, 1.165) is 54.9 Å². The van der Waals surface area contributed by atoms with Crippen molar-refractivity contribution in [1.82, 2.24) is 9.13 Å². The summed E-state index contributed by atoms with van der Waals surface area (Å²) in [4.78, 5) is 0. The number of furan rings is 1. The van der Waals surface area contributed by atoms with Crippen LogP contribution in [0.2, 0.25) is 0 Å². The molecule has 0 spiro atoms. The zero-order valence-electron chi connectivity index (χ0n) is 33.4. The second kappa shape index (κ2) is 13.6. The minimum absolute atomic E-state index is 0.652. The molecule has 61 heavy (non-hydrogen) atoms. The summed E-state index contributed by atoms with van der Waals surface area (Å²) in [5.74, 6) is 0. The van der Waals surface area contributed by atoms with Crippen LogP contribution in [-0.4, -0.2) is 17.2 Å². The van der Waals surface area contributed by atoms with Crippen molar-refractivity contribution in [2.45, 2.75) is 6.92 Å². The lowest BCUT2D eigenvalue weighted by molar-refractivity contribution is 0.669. The van der Waals surface area contributed by atoms with E-state index in [-0.39, 0.29) is 0 Å². The van der Waals surface area contributed by atoms with Crippen molar-refractivity contribution in [2.75, 3.05) is 0 Å². The maximum absolute atomic E-state index is 10.3. The standard InChI is InChI=1S/C56H37N3OSi/c1-37-13-10-16-42(31-37)61(43-17-11-14-38(32-43)36-57,41-29-27-39(28-30-41)58-51-23-6-2-19-45(51)46-20-3-7-24-52(46)58)44-18-12-15-40(33-44)59-53-25-8-4-21-47(53)49-35-56-50(34-54(49)59)48-22-5-9-26-55(48)60-56/h2-35H,1H3. The third kappa shape index (κ3) is 5.23. The average molecular weight is 796 g/mol. The third-order valence-electron chi connectivity index (χ3n) is 12.7. The number of hydrogen-bond donors (Lipinski definition) is 0. The van der Waals surface area contributed by atoms with Crippen molar-refractivity contribution in [3.63, 3.8) is 0 Å². The zero-order valence-corrected chi connectivity index (χ0v) is 34.4. The molecule has 0 N–H and O–H groups in total. The molecule has 0 aliphatic carbocycles. The number of rotatable bonds is 6. The van der Waals surface area contributed by atoms with E-state index in [9.17, 15) is 5.26 Å². The van der Waals surface area contributed by atoms with Crippen LogP contribution in [0.15, 0.2) is 211 Å². The van der Waals surface area contributed by atoms with E-state index < -0.39 is 8.07 Å². The molecule has 0 fully saturated rings. The molecule has 286 valence electrons. The minimum atomic E-state index is -3.13. The number of benzene rings is 9. The Bertz CT molecular complexity index is 3700. The largest absolute Gasteiger partial charge is 0.456 e. The van der Waals surface area contributed by atoms with Crippen LogP contribution in [0, 0.1) is 18.3 Å². The van der Waals surface area contributed by atoms with E-state index in [1.54, 1.807) is 0 Å². The van der Waals surface area contributed by atoms with E-state index in [4.69, 9.17) is 4.42 Å². The Morgan fingerprint density at radius 1 is 0.393 bits per heavy atom. The third-order valence-corrected chi connectivity index (χ3v) is 17.5. The Morgan fingerprint density at radius 3 is 1.62 bits per heavy atom. The summed E-state index contributed by atoms with van der Waals surface area (Å²) in [6.07, 6.45) is 0. The predicted molar refractivity (Wildman–Crippen MR) is 255 cm³/mol. The molecule has 0 saturated heterocycles. The van der Waals surface area contributed by atoms with Gasteiger partial charge in [0.1, 0.15) is 11.2 Å². The van der Waals surface area contributed by atoms with E-state index in [2.05, 4.69) is 210 Å². The van der Waals surface area contributed by atoms with Gasteiger partial charge in [-0.1, -0.05) is 139 Å². The Labute approximate surface area is 353 Å². The molecular formula is C56H37N3OSi. The quantitative estimate of drug-likeness (QED) is 0.124. The zero-order chi connectivity index (χ0) is 40.7. The monoisotopic (exact) mass is 795 g/mol. The fourth-order valence-electron chi connectivity index (χ4n) is 10.1. The number of aryl methyl sites for hydroxylation is 1. The van der Waals surface area contributed by atoms with Crippen molar-refractivity contribution in [3.8, 4) is 17.4 Å². The van der Waals surface area contributed by atoms with Crippen molar-refractivity contribution in [1.29, 1.82) is 5.26 Å². The summed E-state index contributed by atoms with van der Waals surface area (Å²) >= 11 is 0. The molecule has 1 atom stereocenters. The molecule has 0 amide bonds. The van der Waals surface area contributed by atoms with Gasteiger partial charge in [0, 0.05) is 43.7 Å². The Hall–Kier alpha value is -7.91. The lowest BCUT2D eigenvalue weighted by Crippen LogP contribution is -2.74. The Balaban J connectivity index is 1.14. The molecular weight excluding hydrogens is 759 g/mol. The molecule has 5 heteroatoms. The second-order valence-corrected chi connectivity index (χ2v) is 19.9. The summed E-state index contributed by atoms with van der Waals surface area (Å²) in [6.45, 7) is 2.18. The molecule has 0 aliphatic heterocycles. The van der Waals surface area contributed by atoms with Gasteiger partial charge in [-0.3, -0.25) is 0 Å². The van der Waals surface area contributed by atoms with Gasteiger partial charge in [0.05, 0.1) is 33.7 Å². The first kappa shape index (κ1) is 35.1. The van der Waals surface area contributed by atoms with E-state index in [0.29, 0.717) is 5.56 Å². The van der Waals surface area contributed by atoms with Crippen LogP contribution in [0.1, 0.15) is 11.1 Å². The summed E-state index contributed by atoms with van der Waals surface area (Å²) in [5.41, 5.74) is 10.4. The number of aromatic nitrogens is 2. The maximum Gasteiger partial charge on any atom is 0.179 e. The molecule has 0 saturated carbocycles. The van der Waals surface area contributed by atoms with Crippen molar-refractivity contribution in [2.24, 2.45) is 0 Å². The number of para-hydroxylation sites is 4. The van der Waals surface area contributed by atoms with Crippen molar-refractivity contribution in [3.05, 3.63) is 217 Å². The van der Waals surface area contributed by atoms with Gasteiger partial charge >= 0.3 is 0 Å². The molecule has 12 aromatic rings. The number of fused-ring (bicyclic) bond motifs is 9. The van der Waals surface area contributed by atoms with Crippen LogP contribution in [0.5, 0.6) is 0 Å². The molecule has 9 aromatic carbocycles. The predicted octanol–water partition coefficient (Wildman–Crippen LogP) is 11.3. The number of nitrogens with zero attached hydrogens (tertiary/aromatic N) is 3. The van der Waals surface area contributed by atoms with E-state index in [1.165, 1.54) is 48.3 Å². The van der Waals surface area contributed by atoms with Crippen LogP contribution in [0.4, 0.5) is 0 Å². The summed E-state index contributed by atoms with van der Waals surface area (Å²) < 4.78 is 11.2. The highest BCUT2D eigenvalue weighted by Gasteiger charge is 2.42. The molecule has 12 rings (SSSR count). The minimum Gasteiger partial charge on any atom is -0.456 e. The van der Waals surface area contributed by atoms with E-state index >= 15 is 0 Å². The lowest BCUT2D eigenvalue weighted by atomic mass is 10.1. The summed E-state index contributed by atoms with van der Waals surface area (Å²) in [7, 11) is -3.13. The van der Waals surface area contributed by atoms with Gasteiger partial charge in [0.2, 0.25) is 0 Å². The Morgan fingerprint density at radius 2 is 0.951 bits per heavy atom. The maximum atomic E-state index is 10.3. The van der Waals surface area contributed by atoms with Gasteiger partial charge in [0.25, 0.3) is 0 Å². The van der Waals surface area contributed by atoms with Gasteiger partial charge in [-0.05, 0) is 100 Å². The van der Waals surface area contributed by atoms with Gasteiger partial charge < -0.3 is 13.6 Å². The summed E-state index contributed by atoms with van der Waals surface area (Å²) in [5, 5.41) is 22.3. The highest BCUT2D eigenvalue weighted by molar-refractivity contribution is 7.20. The first-order valence-corrected chi connectivity index (χ1v) is 22.7. The number of nitriles is 1. The van der Waals surface area contributed by atoms with Crippen LogP contribution >= 0.6 is 0 Å². The smallest absolute Gasteiger partial charge is 0.179 e. The lowest BCUT2D eigenvalue weighted by Gasteiger charge is -2.35. The average Bonchev–Trinajstić information content (AvgIpc) is 3.96. The van der Waals surface area contributed by atoms with Gasteiger partial charge in [-0.2, -0.15) is 5.26 Å². The molecule has 4 nitrogen and oxygen atoms in total. The molecule has 0 radical (unpaired) electrons. The van der Waals surface area contributed by atoms with E-state index in [1.807, 2.05) is 18.2 Å². The molecule has 3 aromatic heterocycles. The van der Waals surface area contributed by atoms with Crippen LogP contribution in [0.3, 0.4) is 0 Å². The molecule has 1 unspecified atom stereocenters. The van der Waals surface area contributed by atoms with Crippen molar-refractivity contribution >= 4 is 94.4 Å². The molecule has 0 aliphatic rings. The first-order chi connectivity index (χ1) is 30.1. The number of hydrogen-bond acceptors (Lipinski definition) is 2. The highest BCUT2D eigenvalue weighted by Crippen LogP contribution is 2.38.